The Bertz CT molecular complexity index is 392. The van der Waals surface area contributed by atoms with Crippen LogP contribution in [0.5, 0.6) is 0 Å². The van der Waals surface area contributed by atoms with Crippen molar-refractivity contribution in [3.63, 3.8) is 0 Å². The summed E-state index contributed by atoms with van der Waals surface area (Å²) in [6.45, 7) is 2.02. The van der Waals surface area contributed by atoms with E-state index >= 15 is 0 Å². The molecule has 3 rings (SSSR count). The Hall–Kier alpha value is -0.200. The Balaban J connectivity index is 1.87. The molecule has 2 aliphatic rings. The molecule has 1 heterocycles. The van der Waals surface area contributed by atoms with Crippen LogP contribution < -0.4 is 0 Å². The molecule has 1 aromatic heterocycles. The van der Waals surface area contributed by atoms with Crippen molar-refractivity contribution in [2.45, 2.75) is 55.4 Å². The normalized spacial score (nSPS) is 37.8. The van der Waals surface area contributed by atoms with E-state index in [0.717, 1.165) is 21.6 Å². The Kier molecular flexibility index (Phi) is 3.36. The Morgan fingerprint density at radius 2 is 1.88 bits per heavy atom. The van der Waals surface area contributed by atoms with E-state index in [-0.39, 0.29) is 0 Å². The van der Waals surface area contributed by atoms with Crippen LogP contribution in [0, 0.1) is 18.8 Å². The minimum Gasteiger partial charge on any atom is -0.227 e. The van der Waals surface area contributed by atoms with Gasteiger partial charge in [-0.1, -0.05) is 35.4 Å². The van der Waals surface area contributed by atoms with Crippen molar-refractivity contribution in [1.29, 1.82) is 0 Å². The first-order valence-electron chi connectivity index (χ1n) is 6.66. The summed E-state index contributed by atoms with van der Waals surface area (Å²) < 4.78 is 2.96. The molecule has 1 aromatic rings. The van der Waals surface area contributed by atoms with Gasteiger partial charge in [0.1, 0.15) is 5.82 Å². The van der Waals surface area contributed by atoms with Crippen LogP contribution in [-0.4, -0.2) is 24.1 Å². The van der Waals surface area contributed by atoms with E-state index < -0.39 is 0 Å². The number of hydrogen-bond donors (Lipinski definition) is 0. The fourth-order valence-corrected chi connectivity index (χ4v) is 4.97. The summed E-state index contributed by atoms with van der Waals surface area (Å²) in [4.78, 5) is 0. The highest BCUT2D eigenvalue weighted by molar-refractivity contribution is 14.1. The first kappa shape index (κ1) is 11.9. The van der Waals surface area contributed by atoms with Crippen LogP contribution in [0.3, 0.4) is 0 Å². The fraction of sp³-hybridized carbons (Fsp3) is 0.917. The number of halogens is 1. The number of alkyl halides is 1. The van der Waals surface area contributed by atoms with Gasteiger partial charge in [-0.15, -0.1) is 5.10 Å². The molecule has 4 atom stereocenters. The average Bonchev–Trinajstić information content (AvgIpc) is 2.77. The molecular formula is C12H19IN4. The van der Waals surface area contributed by atoms with Crippen LogP contribution in [0.2, 0.25) is 0 Å². The quantitative estimate of drug-likeness (QED) is 0.580. The van der Waals surface area contributed by atoms with Crippen molar-refractivity contribution in [3.8, 4) is 0 Å². The van der Waals surface area contributed by atoms with Gasteiger partial charge in [-0.25, -0.2) is 4.68 Å². The number of tetrazole rings is 1. The minimum absolute atomic E-state index is 0.557. The monoisotopic (exact) mass is 346 g/mol. The maximum Gasteiger partial charge on any atom is 0.148 e. The zero-order valence-corrected chi connectivity index (χ0v) is 12.4. The molecule has 94 valence electrons. The first-order chi connectivity index (χ1) is 8.27. The third-order valence-corrected chi connectivity index (χ3v) is 6.09. The van der Waals surface area contributed by atoms with Gasteiger partial charge >= 0.3 is 0 Å². The molecule has 5 heteroatoms. The topological polar surface area (TPSA) is 43.6 Å². The summed E-state index contributed by atoms with van der Waals surface area (Å²) in [6.07, 6.45) is 8.17. The Morgan fingerprint density at radius 1 is 1.12 bits per heavy atom. The molecule has 0 radical (unpaired) electrons. The highest BCUT2D eigenvalue weighted by Gasteiger charge is 2.41. The zero-order chi connectivity index (χ0) is 11.8. The highest BCUT2D eigenvalue weighted by Crippen LogP contribution is 2.48. The number of nitrogens with zero attached hydrogens (tertiary/aromatic N) is 4. The van der Waals surface area contributed by atoms with Crippen molar-refractivity contribution in [2.75, 3.05) is 0 Å². The second-order valence-corrected chi connectivity index (χ2v) is 7.04. The second-order valence-electron chi connectivity index (χ2n) is 5.44. The Morgan fingerprint density at radius 3 is 2.59 bits per heavy atom. The average molecular weight is 346 g/mol. The van der Waals surface area contributed by atoms with Gasteiger partial charge in [0, 0.05) is 3.92 Å². The molecule has 0 spiro atoms. The molecule has 0 bridgehead atoms. The molecular weight excluding hydrogens is 327 g/mol. The van der Waals surface area contributed by atoms with E-state index in [1.807, 2.05) is 6.92 Å². The maximum absolute atomic E-state index is 4.21. The predicted molar refractivity (Wildman–Crippen MR) is 74.1 cm³/mol. The number of hydrogen-bond acceptors (Lipinski definition) is 3. The van der Waals surface area contributed by atoms with Crippen molar-refractivity contribution >= 4 is 22.6 Å². The largest absolute Gasteiger partial charge is 0.227 e. The van der Waals surface area contributed by atoms with E-state index in [9.17, 15) is 0 Å². The summed E-state index contributed by atoms with van der Waals surface area (Å²) in [5.41, 5.74) is 0. The van der Waals surface area contributed by atoms with E-state index in [4.69, 9.17) is 0 Å². The lowest BCUT2D eigenvalue weighted by molar-refractivity contribution is 0.109. The van der Waals surface area contributed by atoms with Crippen LogP contribution in [-0.2, 0) is 0 Å². The van der Waals surface area contributed by atoms with E-state index in [1.54, 1.807) is 0 Å². The molecule has 0 N–H and O–H groups in total. The molecule has 0 amide bonds. The lowest BCUT2D eigenvalue weighted by atomic mass is 9.68. The molecule has 0 aliphatic heterocycles. The van der Waals surface area contributed by atoms with E-state index in [0.29, 0.717) is 6.04 Å². The number of aromatic nitrogens is 4. The molecule has 0 saturated heterocycles. The second kappa shape index (κ2) is 4.82. The van der Waals surface area contributed by atoms with Gasteiger partial charge in [0.25, 0.3) is 0 Å². The van der Waals surface area contributed by atoms with Crippen LogP contribution in [0.1, 0.15) is 50.4 Å². The van der Waals surface area contributed by atoms with Crippen LogP contribution in [0.4, 0.5) is 0 Å². The predicted octanol–water partition coefficient (Wildman–Crippen LogP) is 2.93. The standard InChI is InChI=1S/C12H19IN4/c1-8-14-15-16-17(8)12-7-6-11(13)9-4-2-3-5-10(9)12/h9-12H,2-7H2,1H3. The van der Waals surface area contributed by atoms with E-state index in [1.165, 1.54) is 38.5 Å². The van der Waals surface area contributed by atoms with Crippen LogP contribution in [0.25, 0.3) is 0 Å². The summed E-state index contributed by atoms with van der Waals surface area (Å²) in [5, 5.41) is 12.1. The number of aryl methyl sites for hydroxylation is 1. The van der Waals surface area contributed by atoms with Gasteiger partial charge in [-0.2, -0.15) is 0 Å². The van der Waals surface area contributed by atoms with Crippen LogP contribution in [0.15, 0.2) is 0 Å². The SMILES string of the molecule is Cc1nnnn1C1CCC(I)C2CCCCC21. The number of fused-ring (bicyclic) bond motifs is 1. The summed E-state index contributed by atoms with van der Waals surface area (Å²) in [7, 11) is 0. The lowest BCUT2D eigenvalue weighted by Gasteiger charge is -2.44. The fourth-order valence-electron chi connectivity index (χ4n) is 3.72. The van der Waals surface area contributed by atoms with Crippen molar-refractivity contribution < 1.29 is 0 Å². The molecule has 2 saturated carbocycles. The van der Waals surface area contributed by atoms with Gasteiger partial charge in [-0.05, 0) is 54.9 Å². The summed E-state index contributed by atoms with van der Waals surface area (Å²) >= 11 is 2.67. The molecule has 0 aromatic carbocycles. The smallest absolute Gasteiger partial charge is 0.148 e. The van der Waals surface area contributed by atoms with Crippen molar-refractivity contribution in [2.24, 2.45) is 11.8 Å². The minimum atomic E-state index is 0.557. The zero-order valence-electron chi connectivity index (χ0n) is 10.2. The molecule has 17 heavy (non-hydrogen) atoms. The van der Waals surface area contributed by atoms with Crippen molar-refractivity contribution in [1.82, 2.24) is 20.2 Å². The van der Waals surface area contributed by atoms with Gasteiger partial charge in [-0.3, -0.25) is 0 Å². The Labute approximate surface area is 116 Å². The molecule has 4 unspecified atom stereocenters. The maximum atomic E-state index is 4.21. The lowest BCUT2D eigenvalue weighted by Crippen LogP contribution is -2.39. The molecule has 2 aliphatic carbocycles. The summed E-state index contributed by atoms with van der Waals surface area (Å²) in [5.74, 6) is 2.68. The van der Waals surface area contributed by atoms with Crippen LogP contribution >= 0.6 is 22.6 Å². The third-order valence-electron chi connectivity index (χ3n) is 4.54. The first-order valence-corrected chi connectivity index (χ1v) is 7.90. The highest BCUT2D eigenvalue weighted by atomic mass is 127. The van der Waals surface area contributed by atoms with E-state index in [2.05, 4.69) is 42.8 Å². The van der Waals surface area contributed by atoms with Gasteiger partial charge in [0.15, 0.2) is 0 Å². The number of rotatable bonds is 1. The summed E-state index contributed by atoms with van der Waals surface area (Å²) in [6, 6.07) is 0.557. The van der Waals surface area contributed by atoms with Crippen molar-refractivity contribution in [3.05, 3.63) is 5.82 Å². The third kappa shape index (κ3) is 2.11. The van der Waals surface area contributed by atoms with Gasteiger partial charge < -0.3 is 0 Å². The van der Waals surface area contributed by atoms with Gasteiger partial charge in [0.2, 0.25) is 0 Å². The molecule has 4 nitrogen and oxygen atoms in total. The molecule has 2 fully saturated rings. The van der Waals surface area contributed by atoms with Gasteiger partial charge in [0.05, 0.1) is 6.04 Å².